The number of nitrogens with zero attached hydrogens (tertiary/aromatic N) is 1. The minimum Gasteiger partial charge on any atom is -0.379 e. The van der Waals surface area contributed by atoms with E-state index in [1.807, 2.05) is 43.3 Å². The first-order valence-corrected chi connectivity index (χ1v) is 8.46. The van der Waals surface area contributed by atoms with Gasteiger partial charge in [-0.05, 0) is 42.3 Å². The standard InChI is InChI=1S/C19H21ClN2O2/c1-14-2-7-17(20)12-18(14)21-19(23)16-5-3-15(4-6-16)13-22-8-10-24-11-9-22/h2-7,12H,8-11,13H2,1H3,(H,21,23). The van der Waals surface area contributed by atoms with Gasteiger partial charge in [0.15, 0.2) is 0 Å². The molecule has 0 bridgehead atoms. The summed E-state index contributed by atoms with van der Waals surface area (Å²) in [4.78, 5) is 14.8. The Balaban J connectivity index is 1.64. The molecular weight excluding hydrogens is 324 g/mol. The van der Waals surface area contributed by atoms with Gasteiger partial charge >= 0.3 is 0 Å². The van der Waals surface area contributed by atoms with Crippen LogP contribution >= 0.6 is 11.6 Å². The van der Waals surface area contributed by atoms with Crippen LogP contribution in [0.1, 0.15) is 21.5 Å². The zero-order chi connectivity index (χ0) is 16.9. The van der Waals surface area contributed by atoms with E-state index < -0.39 is 0 Å². The molecule has 0 aliphatic carbocycles. The molecule has 0 radical (unpaired) electrons. The van der Waals surface area contributed by atoms with Crippen molar-refractivity contribution in [3.8, 4) is 0 Å². The molecule has 0 unspecified atom stereocenters. The van der Waals surface area contributed by atoms with E-state index in [1.165, 1.54) is 5.56 Å². The molecule has 1 aliphatic heterocycles. The number of rotatable bonds is 4. The number of hydrogen-bond donors (Lipinski definition) is 1. The number of carbonyl (C=O) groups is 1. The van der Waals surface area contributed by atoms with Crippen molar-refractivity contribution in [2.45, 2.75) is 13.5 Å². The zero-order valence-electron chi connectivity index (χ0n) is 13.7. The number of ether oxygens (including phenoxy) is 1. The second-order valence-electron chi connectivity index (χ2n) is 6.00. The fraction of sp³-hybridized carbons (Fsp3) is 0.316. The van der Waals surface area contributed by atoms with Crippen LogP contribution in [0.3, 0.4) is 0 Å². The summed E-state index contributed by atoms with van der Waals surface area (Å²) in [6, 6.07) is 13.2. The quantitative estimate of drug-likeness (QED) is 0.918. The highest BCUT2D eigenvalue weighted by Crippen LogP contribution is 2.21. The molecular formula is C19H21ClN2O2. The van der Waals surface area contributed by atoms with Gasteiger partial charge in [0.25, 0.3) is 5.91 Å². The number of amides is 1. The zero-order valence-corrected chi connectivity index (χ0v) is 14.5. The summed E-state index contributed by atoms with van der Waals surface area (Å²) < 4.78 is 5.36. The second-order valence-corrected chi connectivity index (χ2v) is 6.44. The predicted octanol–water partition coefficient (Wildman–Crippen LogP) is 3.73. The van der Waals surface area contributed by atoms with Gasteiger partial charge in [-0.1, -0.05) is 29.8 Å². The first-order valence-electron chi connectivity index (χ1n) is 8.08. The summed E-state index contributed by atoms with van der Waals surface area (Å²) in [7, 11) is 0. The maximum absolute atomic E-state index is 12.4. The van der Waals surface area contributed by atoms with Gasteiger partial charge in [0, 0.05) is 35.9 Å². The van der Waals surface area contributed by atoms with Crippen molar-refractivity contribution in [1.29, 1.82) is 0 Å². The fourth-order valence-corrected chi connectivity index (χ4v) is 2.87. The lowest BCUT2D eigenvalue weighted by Gasteiger charge is -2.26. The van der Waals surface area contributed by atoms with Crippen molar-refractivity contribution >= 4 is 23.2 Å². The third-order valence-corrected chi connectivity index (χ3v) is 4.41. The van der Waals surface area contributed by atoms with Crippen molar-refractivity contribution in [3.05, 3.63) is 64.2 Å². The van der Waals surface area contributed by atoms with E-state index in [-0.39, 0.29) is 5.91 Å². The van der Waals surface area contributed by atoms with Crippen molar-refractivity contribution < 1.29 is 9.53 Å². The molecule has 0 aromatic heterocycles. The summed E-state index contributed by atoms with van der Waals surface area (Å²) in [5, 5.41) is 3.53. The van der Waals surface area contributed by atoms with Gasteiger partial charge in [-0.15, -0.1) is 0 Å². The van der Waals surface area contributed by atoms with Gasteiger partial charge in [0.05, 0.1) is 13.2 Å². The third kappa shape index (κ3) is 4.35. The number of hydrogen-bond acceptors (Lipinski definition) is 3. The molecule has 5 heteroatoms. The number of carbonyl (C=O) groups excluding carboxylic acids is 1. The molecule has 1 amide bonds. The Morgan fingerprint density at radius 3 is 2.58 bits per heavy atom. The minimum atomic E-state index is -0.127. The van der Waals surface area contributed by atoms with Crippen LogP contribution in [0, 0.1) is 6.92 Å². The molecule has 0 saturated carbocycles. The lowest BCUT2D eigenvalue weighted by atomic mass is 10.1. The first-order chi connectivity index (χ1) is 11.6. The number of anilines is 1. The molecule has 2 aromatic rings. The van der Waals surface area contributed by atoms with Crippen molar-refractivity contribution in [2.75, 3.05) is 31.6 Å². The van der Waals surface area contributed by atoms with E-state index in [4.69, 9.17) is 16.3 Å². The molecule has 1 aliphatic rings. The molecule has 126 valence electrons. The molecule has 1 saturated heterocycles. The van der Waals surface area contributed by atoms with Crippen molar-refractivity contribution in [2.24, 2.45) is 0 Å². The second kappa shape index (κ2) is 7.79. The van der Waals surface area contributed by atoms with Gasteiger partial charge in [-0.25, -0.2) is 0 Å². The lowest BCUT2D eigenvalue weighted by molar-refractivity contribution is 0.0342. The number of aryl methyl sites for hydroxylation is 1. The molecule has 2 aromatic carbocycles. The molecule has 4 nitrogen and oxygen atoms in total. The van der Waals surface area contributed by atoms with Gasteiger partial charge in [0.1, 0.15) is 0 Å². The van der Waals surface area contributed by atoms with E-state index in [2.05, 4.69) is 10.2 Å². The predicted molar refractivity (Wildman–Crippen MR) is 96.7 cm³/mol. The van der Waals surface area contributed by atoms with Crippen LogP contribution in [0.15, 0.2) is 42.5 Å². The Hall–Kier alpha value is -1.88. The van der Waals surface area contributed by atoms with Crippen LogP contribution < -0.4 is 5.32 Å². The number of morpholine rings is 1. The lowest BCUT2D eigenvalue weighted by Crippen LogP contribution is -2.35. The number of nitrogens with one attached hydrogen (secondary N) is 1. The fourth-order valence-electron chi connectivity index (χ4n) is 2.70. The molecule has 0 atom stereocenters. The summed E-state index contributed by atoms with van der Waals surface area (Å²) in [5.41, 5.74) is 3.56. The molecule has 0 spiro atoms. The van der Waals surface area contributed by atoms with E-state index in [0.717, 1.165) is 44.1 Å². The van der Waals surface area contributed by atoms with Crippen LogP contribution in [0.4, 0.5) is 5.69 Å². The normalized spacial score (nSPS) is 15.2. The smallest absolute Gasteiger partial charge is 0.255 e. The van der Waals surface area contributed by atoms with Gasteiger partial charge in [-0.2, -0.15) is 0 Å². The Bertz CT molecular complexity index is 710. The van der Waals surface area contributed by atoms with Crippen LogP contribution in [0.25, 0.3) is 0 Å². The topological polar surface area (TPSA) is 41.6 Å². The minimum absolute atomic E-state index is 0.127. The average Bonchev–Trinajstić information content (AvgIpc) is 2.60. The average molecular weight is 345 g/mol. The maximum atomic E-state index is 12.4. The van der Waals surface area contributed by atoms with Crippen molar-refractivity contribution in [1.82, 2.24) is 4.90 Å². The van der Waals surface area contributed by atoms with Gasteiger partial charge in [-0.3, -0.25) is 9.69 Å². The highest BCUT2D eigenvalue weighted by Gasteiger charge is 2.12. The molecule has 1 heterocycles. The first kappa shape index (κ1) is 17.0. The van der Waals surface area contributed by atoms with E-state index in [1.54, 1.807) is 6.07 Å². The highest BCUT2D eigenvalue weighted by molar-refractivity contribution is 6.31. The monoisotopic (exact) mass is 344 g/mol. The van der Waals surface area contributed by atoms with Crippen LogP contribution in [-0.2, 0) is 11.3 Å². The van der Waals surface area contributed by atoms with Crippen LogP contribution in [-0.4, -0.2) is 37.1 Å². The van der Waals surface area contributed by atoms with Crippen molar-refractivity contribution in [3.63, 3.8) is 0 Å². The Labute approximate surface area is 147 Å². The summed E-state index contributed by atoms with van der Waals surface area (Å²) >= 11 is 5.99. The largest absolute Gasteiger partial charge is 0.379 e. The number of halogens is 1. The van der Waals surface area contributed by atoms with Crippen LogP contribution in [0.5, 0.6) is 0 Å². The maximum Gasteiger partial charge on any atom is 0.255 e. The van der Waals surface area contributed by atoms with E-state index in [0.29, 0.717) is 10.6 Å². The Morgan fingerprint density at radius 2 is 1.88 bits per heavy atom. The van der Waals surface area contributed by atoms with E-state index in [9.17, 15) is 4.79 Å². The summed E-state index contributed by atoms with van der Waals surface area (Å²) in [6.07, 6.45) is 0. The van der Waals surface area contributed by atoms with Crippen LogP contribution in [0.2, 0.25) is 5.02 Å². The molecule has 1 N–H and O–H groups in total. The van der Waals surface area contributed by atoms with Gasteiger partial charge in [0.2, 0.25) is 0 Å². The Kier molecular flexibility index (Phi) is 5.51. The Morgan fingerprint density at radius 1 is 1.17 bits per heavy atom. The summed E-state index contributed by atoms with van der Waals surface area (Å²) in [6.45, 7) is 6.32. The SMILES string of the molecule is Cc1ccc(Cl)cc1NC(=O)c1ccc(CN2CCOCC2)cc1. The summed E-state index contributed by atoms with van der Waals surface area (Å²) in [5.74, 6) is -0.127. The molecule has 3 rings (SSSR count). The third-order valence-electron chi connectivity index (χ3n) is 4.17. The molecule has 24 heavy (non-hydrogen) atoms. The molecule has 1 fully saturated rings. The highest BCUT2D eigenvalue weighted by atomic mass is 35.5. The van der Waals surface area contributed by atoms with E-state index >= 15 is 0 Å². The number of benzene rings is 2. The van der Waals surface area contributed by atoms with Gasteiger partial charge < -0.3 is 10.1 Å².